The number of benzene rings is 1. The van der Waals surface area contributed by atoms with Crippen LogP contribution in [0.3, 0.4) is 0 Å². The number of halogens is 1. The Bertz CT molecular complexity index is 500. The number of hydrogen-bond acceptors (Lipinski definition) is 2. The van der Waals surface area contributed by atoms with E-state index in [4.69, 9.17) is 11.6 Å². The number of hydrogen-bond donors (Lipinski definition) is 1. The number of aryl methyl sites for hydroxylation is 2. The van der Waals surface area contributed by atoms with Crippen molar-refractivity contribution in [2.45, 2.75) is 40.5 Å². The van der Waals surface area contributed by atoms with Crippen LogP contribution in [0.4, 0.5) is 5.69 Å². The van der Waals surface area contributed by atoms with Crippen LogP contribution in [0, 0.1) is 13.8 Å². The zero-order chi connectivity index (χ0) is 16.0. The highest BCUT2D eigenvalue weighted by molar-refractivity contribution is 6.41. The van der Waals surface area contributed by atoms with Gasteiger partial charge >= 0.3 is 11.8 Å². The number of nitrogens with one attached hydrogen (secondary N) is 1. The van der Waals surface area contributed by atoms with Gasteiger partial charge in [-0.05, 0) is 43.9 Å². The predicted octanol–water partition coefficient (Wildman–Crippen LogP) is 3.54. The summed E-state index contributed by atoms with van der Waals surface area (Å²) in [5.74, 6) is -1.14. The van der Waals surface area contributed by atoms with Gasteiger partial charge in [0.15, 0.2) is 0 Å². The molecule has 0 atom stereocenters. The standard InChI is InChI=1S/C16H23ClN2O2/c1-5-7-19(8-6-2)16(21)15(20)18-14-12(4)9-11(3)10-13(14)17/h9-10H,5-8H2,1-4H3,(H,18,20). The molecular formula is C16H23ClN2O2. The van der Waals surface area contributed by atoms with Crippen LogP contribution in [-0.4, -0.2) is 29.8 Å². The van der Waals surface area contributed by atoms with Crippen LogP contribution in [0.5, 0.6) is 0 Å². The summed E-state index contributed by atoms with van der Waals surface area (Å²) in [7, 11) is 0. The minimum atomic E-state index is -0.634. The third-order valence-corrected chi connectivity index (χ3v) is 3.44. The topological polar surface area (TPSA) is 49.4 Å². The first-order chi connectivity index (χ1) is 9.90. The summed E-state index contributed by atoms with van der Waals surface area (Å²) < 4.78 is 0. The van der Waals surface area contributed by atoms with Gasteiger partial charge in [-0.15, -0.1) is 0 Å². The van der Waals surface area contributed by atoms with Gasteiger partial charge in [0, 0.05) is 13.1 Å². The first-order valence-electron chi connectivity index (χ1n) is 7.27. The summed E-state index contributed by atoms with van der Waals surface area (Å²) in [6.45, 7) is 8.92. The van der Waals surface area contributed by atoms with Crippen LogP contribution >= 0.6 is 11.6 Å². The molecule has 0 saturated carbocycles. The van der Waals surface area contributed by atoms with E-state index in [1.165, 1.54) is 0 Å². The Morgan fingerprint density at radius 3 is 2.19 bits per heavy atom. The third kappa shape index (κ3) is 4.74. The second-order valence-corrected chi connectivity index (χ2v) is 5.59. The van der Waals surface area contributed by atoms with E-state index in [1.54, 1.807) is 11.0 Å². The van der Waals surface area contributed by atoms with Gasteiger partial charge in [-0.3, -0.25) is 9.59 Å². The van der Waals surface area contributed by atoms with Crippen LogP contribution in [0.15, 0.2) is 12.1 Å². The minimum Gasteiger partial charge on any atom is -0.334 e. The van der Waals surface area contributed by atoms with Crippen molar-refractivity contribution in [2.24, 2.45) is 0 Å². The summed E-state index contributed by atoms with van der Waals surface area (Å²) in [5.41, 5.74) is 2.37. The molecule has 0 aliphatic rings. The molecule has 4 nitrogen and oxygen atoms in total. The third-order valence-electron chi connectivity index (χ3n) is 3.14. The molecule has 0 aliphatic carbocycles. The normalized spacial score (nSPS) is 10.3. The molecule has 5 heteroatoms. The van der Waals surface area contributed by atoms with Crippen LogP contribution in [0.2, 0.25) is 5.02 Å². The molecule has 0 spiro atoms. The number of nitrogens with zero attached hydrogens (tertiary/aromatic N) is 1. The summed E-state index contributed by atoms with van der Waals surface area (Å²) >= 11 is 6.15. The van der Waals surface area contributed by atoms with Gasteiger partial charge in [-0.2, -0.15) is 0 Å². The molecule has 0 unspecified atom stereocenters. The number of anilines is 1. The van der Waals surface area contributed by atoms with Crippen LogP contribution in [0.25, 0.3) is 0 Å². The minimum absolute atomic E-state index is 0.450. The second-order valence-electron chi connectivity index (χ2n) is 5.18. The van der Waals surface area contributed by atoms with E-state index in [-0.39, 0.29) is 0 Å². The van der Waals surface area contributed by atoms with Crippen LogP contribution in [0.1, 0.15) is 37.8 Å². The maximum Gasteiger partial charge on any atom is 0.313 e. The van der Waals surface area contributed by atoms with Gasteiger partial charge in [-0.1, -0.05) is 31.5 Å². The number of rotatable bonds is 5. The fourth-order valence-corrected chi connectivity index (χ4v) is 2.61. The molecule has 0 saturated heterocycles. The Morgan fingerprint density at radius 1 is 1.14 bits per heavy atom. The Hall–Kier alpha value is -1.55. The number of carbonyl (C=O) groups is 2. The van der Waals surface area contributed by atoms with Crippen molar-refractivity contribution in [3.05, 3.63) is 28.3 Å². The first kappa shape index (κ1) is 17.5. The first-order valence-corrected chi connectivity index (χ1v) is 7.65. The van der Waals surface area contributed by atoms with Gasteiger partial charge in [0.25, 0.3) is 0 Å². The van der Waals surface area contributed by atoms with E-state index in [9.17, 15) is 9.59 Å². The molecule has 0 radical (unpaired) electrons. The quantitative estimate of drug-likeness (QED) is 0.846. The van der Waals surface area contributed by atoms with E-state index < -0.39 is 11.8 Å². The molecule has 0 aromatic heterocycles. The lowest BCUT2D eigenvalue weighted by molar-refractivity contribution is -0.143. The number of amides is 2. The van der Waals surface area contributed by atoms with E-state index in [0.29, 0.717) is 23.8 Å². The Balaban J connectivity index is 2.87. The highest BCUT2D eigenvalue weighted by Gasteiger charge is 2.22. The van der Waals surface area contributed by atoms with Crippen LogP contribution in [-0.2, 0) is 9.59 Å². The average Bonchev–Trinajstić information content (AvgIpc) is 2.41. The largest absolute Gasteiger partial charge is 0.334 e. The van der Waals surface area contributed by atoms with Crippen molar-refractivity contribution < 1.29 is 9.59 Å². The van der Waals surface area contributed by atoms with Crippen molar-refractivity contribution >= 4 is 29.1 Å². The van der Waals surface area contributed by atoms with Crippen molar-refractivity contribution in [1.29, 1.82) is 0 Å². The second kappa shape index (κ2) is 8.03. The van der Waals surface area contributed by atoms with E-state index in [0.717, 1.165) is 24.0 Å². The van der Waals surface area contributed by atoms with E-state index in [2.05, 4.69) is 5.32 Å². The Kier molecular flexibility index (Phi) is 6.69. The lowest BCUT2D eigenvalue weighted by atomic mass is 10.1. The molecule has 0 bridgehead atoms. The monoisotopic (exact) mass is 310 g/mol. The molecular weight excluding hydrogens is 288 g/mol. The maximum atomic E-state index is 12.2. The lowest BCUT2D eigenvalue weighted by Gasteiger charge is -2.21. The molecule has 0 heterocycles. The molecule has 0 fully saturated rings. The van der Waals surface area contributed by atoms with Crippen LogP contribution < -0.4 is 5.32 Å². The van der Waals surface area contributed by atoms with Gasteiger partial charge in [-0.25, -0.2) is 0 Å². The lowest BCUT2D eigenvalue weighted by Crippen LogP contribution is -2.40. The summed E-state index contributed by atoms with van der Waals surface area (Å²) in [6, 6.07) is 3.69. The van der Waals surface area contributed by atoms with E-state index in [1.807, 2.05) is 33.8 Å². The van der Waals surface area contributed by atoms with Crippen molar-refractivity contribution in [1.82, 2.24) is 4.90 Å². The summed E-state index contributed by atoms with van der Waals surface area (Å²) in [6.07, 6.45) is 1.65. The zero-order valence-electron chi connectivity index (χ0n) is 13.1. The average molecular weight is 311 g/mol. The van der Waals surface area contributed by atoms with Crippen molar-refractivity contribution in [3.8, 4) is 0 Å². The Morgan fingerprint density at radius 2 is 1.71 bits per heavy atom. The Labute approximate surface area is 131 Å². The molecule has 0 aliphatic heterocycles. The molecule has 1 aromatic carbocycles. The zero-order valence-corrected chi connectivity index (χ0v) is 13.9. The van der Waals surface area contributed by atoms with Gasteiger partial charge < -0.3 is 10.2 Å². The van der Waals surface area contributed by atoms with Crippen molar-refractivity contribution in [3.63, 3.8) is 0 Å². The molecule has 21 heavy (non-hydrogen) atoms. The maximum absolute atomic E-state index is 12.2. The molecule has 2 amide bonds. The van der Waals surface area contributed by atoms with Crippen molar-refractivity contribution in [2.75, 3.05) is 18.4 Å². The predicted molar refractivity (Wildman–Crippen MR) is 86.7 cm³/mol. The van der Waals surface area contributed by atoms with Gasteiger partial charge in [0.05, 0.1) is 10.7 Å². The molecule has 1 rings (SSSR count). The smallest absolute Gasteiger partial charge is 0.313 e. The highest BCUT2D eigenvalue weighted by Crippen LogP contribution is 2.27. The SMILES string of the molecule is CCCN(CCC)C(=O)C(=O)Nc1c(C)cc(C)cc1Cl. The fourth-order valence-electron chi connectivity index (χ4n) is 2.24. The molecule has 116 valence electrons. The molecule has 1 N–H and O–H groups in total. The summed E-state index contributed by atoms with van der Waals surface area (Å²) in [4.78, 5) is 25.9. The number of carbonyl (C=O) groups excluding carboxylic acids is 2. The molecule has 1 aromatic rings. The van der Waals surface area contributed by atoms with Gasteiger partial charge in [0.2, 0.25) is 0 Å². The van der Waals surface area contributed by atoms with Gasteiger partial charge in [0.1, 0.15) is 0 Å². The highest BCUT2D eigenvalue weighted by atomic mass is 35.5. The fraction of sp³-hybridized carbons (Fsp3) is 0.500. The summed E-state index contributed by atoms with van der Waals surface area (Å²) in [5, 5.41) is 3.09. The van der Waals surface area contributed by atoms with E-state index >= 15 is 0 Å².